The van der Waals surface area contributed by atoms with Gasteiger partial charge in [-0.15, -0.1) is 0 Å². The minimum absolute atomic E-state index is 0.0318. The van der Waals surface area contributed by atoms with E-state index in [1.54, 1.807) is 18.2 Å². The number of carboxylic acid groups (broad SMARTS) is 2. The Labute approximate surface area is 173 Å². The van der Waals surface area contributed by atoms with Crippen molar-refractivity contribution in [2.24, 2.45) is 5.41 Å². The van der Waals surface area contributed by atoms with E-state index in [1.807, 2.05) is 20.8 Å². The molecule has 1 aliphatic rings. The van der Waals surface area contributed by atoms with Crippen LogP contribution in [0.4, 0.5) is 10.5 Å². The van der Waals surface area contributed by atoms with Crippen LogP contribution in [-0.4, -0.2) is 52.9 Å². The van der Waals surface area contributed by atoms with Gasteiger partial charge in [-0.2, -0.15) is 0 Å². The number of alkyl carbamates (subject to hydrolysis) is 1. The summed E-state index contributed by atoms with van der Waals surface area (Å²) in [5.74, 6) is -2.37. The summed E-state index contributed by atoms with van der Waals surface area (Å²) in [6.07, 6.45) is -1.95. The number of ether oxygens (including phenoxy) is 2. The molecule has 1 aromatic rings. The third-order valence-electron chi connectivity index (χ3n) is 4.15. The summed E-state index contributed by atoms with van der Waals surface area (Å²) in [4.78, 5) is 46.2. The van der Waals surface area contributed by atoms with E-state index in [0.717, 1.165) is 0 Å². The van der Waals surface area contributed by atoms with E-state index in [4.69, 9.17) is 14.6 Å². The Balaban J connectivity index is 2.03. The highest BCUT2D eigenvalue weighted by molar-refractivity contribution is 5.98. The average Bonchev–Trinajstić information content (AvgIpc) is 2.63. The molecule has 30 heavy (non-hydrogen) atoms. The standard InChI is InChI=1S/C20H26N2O8/c1-20(2,3)10-29-19(28)22-13(18(26)27)9-11-4-5-14-12(8-11)21-17(25)15(30-14)6-7-16(23)24/h4-5,8,13,15H,6-7,9-10H2,1-3H3,(H,21,25)(H,22,28)(H,23,24)(H,26,27)/t13-,15-/m0/s1. The van der Waals surface area contributed by atoms with Crippen molar-refractivity contribution in [2.75, 3.05) is 11.9 Å². The first-order valence-electron chi connectivity index (χ1n) is 9.43. The van der Waals surface area contributed by atoms with E-state index in [0.29, 0.717) is 17.0 Å². The zero-order chi connectivity index (χ0) is 22.5. The zero-order valence-electron chi connectivity index (χ0n) is 17.1. The van der Waals surface area contributed by atoms with Crippen LogP contribution in [-0.2, 0) is 25.5 Å². The molecule has 0 spiro atoms. The number of rotatable bonds is 8. The highest BCUT2D eigenvalue weighted by atomic mass is 16.5. The van der Waals surface area contributed by atoms with Crippen LogP contribution in [0.15, 0.2) is 18.2 Å². The van der Waals surface area contributed by atoms with Crippen LogP contribution in [0.1, 0.15) is 39.2 Å². The van der Waals surface area contributed by atoms with Crippen molar-refractivity contribution in [3.05, 3.63) is 23.8 Å². The molecule has 2 atom stereocenters. The van der Waals surface area contributed by atoms with Crippen LogP contribution in [0.5, 0.6) is 5.75 Å². The number of fused-ring (bicyclic) bond motifs is 1. The summed E-state index contributed by atoms with van der Waals surface area (Å²) in [6, 6.07) is 3.51. The molecule has 1 aliphatic heterocycles. The van der Waals surface area contributed by atoms with E-state index in [2.05, 4.69) is 10.6 Å². The second-order valence-electron chi connectivity index (χ2n) is 8.23. The molecule has 4 N–H and O–H groups in total. The molecule has 2 amide bonds. The number of benzene rings is 1. The second kappa shape index (κ2) is 9.47. The lowest BCUT2D eigenvalue weighted by molar-refractivity contribution is -0.140. The molecule has 1 aromatic carbocycles. The van der Waals surface area contributed by atoms with Crippen molar-refractivity contribution in [2.45, 2.75) is 52.2 Å². The van der Waals surface area contributed by atoms with Crippen molar-refractivity contribution in [1.82, 2.24) is 5.32 Å². The summed E-state index contributed by atoms with van der Waals surface area (Å²) in [5, 5.41) is 23.1. The maximum Gasteiger partial charge on any atom is 0.407 e. The maximum atomic E-state index is 12.1. The molecule has 0 bridgehead atoms. The Bertz CT molecular complexity index is 831. The van der Waals surface area contributed by atoms with Crippen LogP contribution in [0.2, 0.25) is 0 Å². The van der Waals surface area contributed by atoms with Gasteiger partial charge in [0.15, 0.2) is 6.10 Å². The molecule has 0 unspecified atom stereocenters. The molecular formula is C20H26N2O8. The number of anilines is 1. The van der Waals surface area contributed by atoms with Crippen molar-refractivity contribution < 1.29 is 38.9 Å². The summed E-state index contributed by atoms with van der Waals surface area (Å²) >= 11 is 0. The van der Waals surface area contributed by atoms with Gasteiger partial charge in [0.2, 0.25) is 0 Å². The summed E-state index contributed by atoms with van der Waals surface area (Å²) in [6.45, 7) is 5.77. The van der Waals surface area contributed by atoms with Crippen molar-refractivity contribution in [3.63, 3.8) is 0 Å². The number of hydrogen-bond donors (Lipinski definition) is 4. The van der Waals surface area contributed by atoms with Gasteiger partial charge in [0.05, 0.1) is 12.3 Å². The van der Waals surface area contributed by atoms with Crippen LogP contribution in [0.25, 0.3) is 0 Å². The van der Waals surface area contributed by atoms with Crippen molar-refractivity contribution in [1.29, 1.82) is 0 Å². The normalized spacial score (nSPS) is 16.5. The SMILES string of the molecule is CC(C)(C)COC(=O)N[C@@H](Cc1ccc2c(c1)NC(=O)[C@H](CCC(=O)O)O2)C(=O)O. The third kappa shape index (κ3) is 6.94. The van der Waals surface area contributed by atoms with Crippen LogP contribution in [0.3, 0.4) is 0 Å². The highest BCUT2D eigenvalue weighted by Crippen LogP contribution is 2.32. The lowest BCUT2D eigenvalue weighted by Crippen LogP contribution is -2.43. The number of hydrogen-bond acceptors (Lipinski definition) is 6. The minimum Gasteiger partial charge on any atom is -0.481 e. The molecule has 0 fully saturated rings. The number of amides is 2. The predicted molar refractivity (Wildman–Crippen MR) is 105 cm³/mol. The van der Waals surface area contributed by atoms with Gasteiger partial charge in [0.25, 0.3) is 5.91 Å². The monoisotopic (exact) mass is 422 g/mol. The molecule has 164 valence electrons. The third-order valence-corrected chi connectivity index (χ3v) is 4.15. The maximum absolute atomic E-state index is 12.1. The Morgan fingerprint density at radius 2 is 1.97 bits per heavy atom. The molecule has 1 heterocycles. The molecular weight excluding hydrogens is 396 g/mol. The fourth-order valence-electron chi connectivity index (χ4n) is 2.67. The number of carbonyl (C=O) groups is 4. The summed E-state index contributed by atoms with van der Waals surface area (Å²) < 4.78 is 10.6. The van der Waals surface area contributed by atoms with Gasteiger partial charge in [-0.3, -0.25) is 9.59 Å². The zero-order valence-corrected chi connectivity index (χ0v) is 17.1. The van der Waals surface area contributed by atoms with Gasteiger partial charge in [-0.05, 0) is 23.1 Å². The van der Waals surface area contributed by atoms with Crippen LogP contribution >= 0.6 is 0 Å². The van der Waals surface area contributed by atoms with E-state index >= 15 is 0 Å². The van der Waals surface area contributed by atoms with E-state index in [-0.39, 0.29) is 31.3 Å². The van der Waals surface area contributed by atoms with Gasteiger partial charge in [0.1, 0.15) is 11.8 Å². The first kappa shape index (κ1) is 23.0. The smallest absolute Gasteiger partial charge is 0.407 e. The van der Waals surface area contributed by atoms with E-state index in [1.165, 1.54) is 0 Å². The number of aliphatic carboxylic acids is 2. The Morgan fingerprint density at radius 3 is 2.57 bits per heavy atom. The summed E-state index contributed by atoms with van der Waals surface area (Å²) in [7, 11) is 0. The Hall–Kier alpha value is -3.30. The van der Waals surface area contributed by atoms with Gasteiger partial charge >= 0.3 is 18.0 Å². The Kier molecular flexibility index (Phi) is 7.25. The van der Waals surface area contributed by atoms with E-state index in [9.17, 15) is 24.3 Å². The van der Waals surface area contributed by atoms with Crippen molar-refractivity contribution in [3.8, 4) is 5.75 Å². The minimum atomic E-state index is -1.23. The summed E-state index contributed by atoms with van der Waals surface area (Å²) in [5.41, 5.74) is 0.642. The molecule has 0 saturated carbocycles. The molecule has 0 aromatic heterocycles. The number of nitrogens with one attached hydrogen (secondary N) is 2. The predicted octanol–water partition coefficient (Wildman–Crippen LogP) is 2.02. The van der Waals surface area contributed by atoms with Crippen LogP contribution in [0, 0.1) is 5.41 Å². The average molecular weight is 422 g/mol. The Morgan fingerprint density at radius 1 is 1.27 bits per heavy atom. The topological polar surface area (TPSA) is 151 Å². The van der Waals surface area contributed by atoms with Crippen molar-refractivity contribution >= 4 is 29.6 Å². The fraction of sp³-hybridized carbons (Fsp3) is 0.500. The first-order valence-corrected chi connectivity index (χ1v) is 9.43. The molecule has 0 radical (unpaired) electrons. The van der Waals surface area contributed by atoms with E-state index < -0.39 is 36.1 Å². The van der Waals surface area contributed by atoms with Gasteiger partial charge < -0.3 is 30.3 Å². The molecule has 10 nitrogen and oxygen atoms in total. The molecule has 2 rings (SSSR count). The molecule has 0 aliphatic carbocycles. The molecule has 0 saturated heterocycles. The van der Waals surface area contributed by atoms with Gasteiger partial charge in [-0.1, -0.05) is 26.8 Å². The lowest BCUT2D eigenvalue weighted by atomic mass is 9.99. The van der Waals surface area contributed by atoms with Gasteiger partial charge in [0, 0.05) is 19.3 Å². The first-order chi connectivity index (χ1) is 13.9. The van der Waals surface area contributed by atoms with Gasteiger partial charge in [-0.25, -0.2) is 9.59 Å². The largest absolute Gasteiger partial charge is 0.481 e. The lowest BCUT2D eigenvalue weighted by Gasteiger charge is -2.26. The fourth-order valence-corrected chi connectivity index (χ4v) is 2.67. The van der Waals surface area contributed by atoms with Crippen LogP contribution < -0.4 is 15.4 Å². The quantitative estimate of drug-likeness (QED) is 0.497. The molecule has 10 heteroatoms. The second-order valence-corrected chi connectivity index (χ2v) is 8.23. The highest BCUT2D eigenvalue weighted by Gasteiger charge is 2.29. The number of carbonyl (C=O) groups excluding carboxylic acids is 2. The number of carboxylic acids is 2.